The van der Waals surface area contributed by atoms with E-state index >= 15 is 0 Å². The predicted octanol–water partition coefficient (Wildman–Crippen LogP) is 3.89. The summed E-state index contributed by atoms with van der Waals surface area (Å²) < 4.78 is 0. The Morgan fingerprint density at radius 3 is 2.70 bits per heavy atom. The normalized spacial score (nSPS) is 12.0. The maximum absolute atomic E-state index is 11.1. The number of hydrogen-bond donors (Lipinski definition) is 2. The fourth-order valence-electron chi connectivity index (χ4n) is 1.94. The molecule has 1 amide bonds. The number of aromatic nitrogens is 1. The predicted molar refractivity (Wildman–Crippen MR) is 84.4 cm³/mol. The molecule has 0 spiro atoms. The number of nitrogens with one attached hydrogen (secondary N) is 2. The van der Waals surface area contributed by atoms with Gasteiger partial charge in [-0.25, -0.2) is 4.98 Å². The quantitative estimate of drug-likeness (QED) is 0.897. The molecule has 0 aliphatic rings. The standard InChI is InChI=1S/C15H19N3OS/c1-9-5-6-13(17-11(3)19)7-14(9)16-10(2)15-8-20-12(4)18-15/h5-8,10,16H,1-4H3,(H,17,19). The fraction of sp³-hybridized carbons (Fsp3) is 0.333. The molecule has 0 fully saturated rings. The SMILES string of the molecule is CC(=O)Nc1ccc(C)c(NC(C)c2csc(C)n2)c1. The number of nitrogens with zero attached hydrogens (tertiary/aromatic N) is 1. The van der Waals surface area contributed by atoms with Crippen molar-refractivity contribution in [2.24, 2.45) is 0 Å². The van der Waals surface area contributed by atoms with Crippen LogP contribution in [0.5, 0.6) is 0 Å². The van der Waals surface area contributed by atoms with E-state index in [4.69, 9.17) is 0 Å². The molecule has 0 aliphatic carbocycles. The minimum atomic E-state index is -0.0667. The van der Waals surface area contributed by atoms with Crippen LogP contribution in [-0.4, -0.2) is 10.9 Å². The van der Waals surface area contributed by atoms with Gasteiger partial charge in [0.25, 0.3) is 0 Å². The number of thiazole rings is 1. The fourth-order valence-corrected chi connectivity index (χ4v) is 2.65. The Morgan fingerprint density at radius 2 is 2.10 bits per heavy atom. The van der Waals surface area contributed by atoms with E-state index in [9.17, 15) is 4.79 Å². The number of carbonyl (C=O) groups excluding carboxylic acids is 1. The number of anilines is 2. The zero-order valence-corrected chi connectivity index (χ0v) is 13.0. The highest BCUT2D eigenvalue weighted by Gasteiger charge is 2.10. The number of aryl methyl sites for hydroxylation is 2. The van der Waals surface area contributed by atoms with Crippen molar-refractivity contribution in [1.82, 2.24) is 4.98 Å². The second-order valence-corrected chi connectivity index (χ2v) is 5.93. The second-order valence-electron chi connectivity index (χ2n) is 4.87. The summed E-state index contributed by atoms with van der Waals surface area (Å²) >= 11 is 1.65. The first-order chi connectivity index (χ1) is 9.45. The molecular formula is C15H19N3OS. The molecule has 1 aromatic carbocycles. The zero-order valence-electron chi connectivity index (χ0n) is 12.2. The molecule has 1 unspecified atom stereocenters. The van der Waals surface area contributed by atoms with Gasteiger partial charge in [0.05, 0.1) is 16.7 Å². The van der Waals surface area contributed by atoms with E-state index in [0.717, 1.165) is 27.6 Å². The van der Waals surface area contributed by atoms with E-state index < -0.39 is 0 Å². The number of carbonyl (C=O) groups is 1. The topological polar surface area (TPSA) is 54.0 Å². The van der Waals surface area contributed by atoms with Crippen molar-refractivity contribution in [3.05, 3.63) is 39.8 Å². The Bertz CT molecular complexity index is 621. The molecule has 0 bridgehead atoms. The Hall–Kier alpha value is -1.88. The van der Waals surface area contributed by atoms with Crippen LogP contribution in [0.1, 0.15) is 36.2 Å². The van der Waals surface area contributed by atoms with Crippen molar-refractivity contribution in [1.29, 1.82) is 0 Å². The van der Waals surface area contributed by atoms with Gasteiger partial charge in [0, 0.05) is 23.7 Å². The van der Waals surface area contributed by atoms with Gasteiger partial charge in [0.15, 0.2) is 0 Å². The average Bonchev–Trinajstić information content (AvgIpc) is 2.79. The molecule has 20 heavy (non-hydrogen) atoms. The average molecular weight is 289 g/mol. The van der Waals surface area contributed by atoms with Crippen molar-refractivity contribution in [3.63, 3.8) is 0 Å². The van der Waals surface area contributed by atoms with Crippen LogP contribution in [-0.2, 0) is 4.79 Å². The van der Waals surface area contributed by atoms with E-state index in [-0.39, 0.29) is 11.9 Å². The van der Waals surface area contributed by atoms with Gasteiger partial charge in [-0.05, 0) is 38.5 Å². The molecule has 0 radical (unpaired) electrons. The Morgan fingerprint density at radius 1 is 1.35 bits per heavy atom. The molecule has 106 valence electrons. The molecule has 1 aromatic heterocycles. The summed E-state index contributed by atoms with van der Waals surface area (Å²) in [6.07, 6.45) is 0. The number of rotatable bonds is 4. The molecule has 0 saturated carbocycles. The highest BCUT2D eigenvalue weighted by Crippen LogP contribution is 2.25. The third-order valence-corrected chi connectivity index (χ3v) is 3.80. The first kappa shape index (κ1) is 14.5. The van der Waals surface area contributed by atoms with Crippen LogP contribution < -0.4 is 10.6 Å². The summed E-state index contributed by atoms with van der Waals surface area (Å²) in [5.41, 5.74) is 3.98. The Kier molecular flexibility index (Phi) is 4.39. The molecule has 2 N–H and O–H groups in total. The zero-order chi connectivity index (χ0) is 14.7. The van der Waals surface area contributed by atoms with Crippen molar-refractivity contribution >= 4 is 28.6 Å². The first-order valence-corrected chi connectivity index (χ1v) is 7.40. The summed E-state index contributed by atoms with van der Waals surface area (Å²) in [5, 5.41) is 9.38. The second kappa shape index (κ2) is 6.05. The van der Waals surface area contributed by atoms with E-state index in [1.807, 2.05) is 32.0 Å². The van der Waals surface area contributed by atoms with Crippen LogP contribution in [0.15, 0.2) is 23.6 Å². The summed E-state index contributed by atoms with van der Waals surface area (Å²) in [4.78, 5) is 15.6. The minimum Gasteiger partial charge on any atom is -0.377 e. The Balaban J connectivity index is 2.17. The number of benzene rings is 1. The van der Waals surface area contributed by atoms with Gasteiger partial charge in [0.2, 0.25) is 5.91 Å². The molecule has 0 saturated heterocycles. The van der Waals surface area contributed by atoms with Crippen LogP contribution in [0.4, 0.5) is 11.4 Å². The van der Waals surface area contributed by atoms with Gasteiger partial charge in [0.1, 0.15) is 0 Å². The van der Waals surface area contributed by atoms with Crippen LogP contribution in [0.2, 0.25) is 0 Å². The number of hydrogen-bond acceptors (Lipinski definition) is 4. The highest BCUT2D eigenvalue weighted by molar-refractivity contribution is 7.09. The van der Waals surface area contributed by atoms with E-state index in [1.165, 1.54) is 6.92 Å². The summed E-state index contributed by atoms with van der Waals surface area (Å²) in [6.45, 7) is 7.63. The van der Waals surface area contributed by atoms with Gasteiger partial charge in [-0.2, -0.15) is 0 Å². The summed E-state index contributed by atoms with van der Waals surface area (Å²) in [5.74, 6) is -0.0667. The van der Waals surface area contributed by atoms with Crippen molar-refractivity contribution < 1.29 is 4.79 Å². The third kappa shape index (κ3) is 3.57. The maximum atomic E-state index is 11.1. The van der Waals surface area contributed by atoms with Gasteiger partial charge < -0.3 is 10.6 Å². The van der Waals surface area contributed by atoms with Crippen molar-refractivity contribution in [2.75, 3.05) is 10.6 Å². The minimum absolute atomic E-state index is 0.0667. The van der Waals surface area contributed by atoms with E-state index in [0.29, 0.717) is 0 Å². The van der Waals surface area contributed by atoms with Gasteiger partial charge in [-0.3, -0.25) is 4.79 Å². The first-order valence-electron chi connectivity index (χ1n) is 6.52. The van der Waals surface area contributed by atoms with Crippen LogP contribution in [0.25, 0.3) is 0 Å². The molecule has 2 aromatic rings. The smallest absolute Gasteiger partial charge is 0.221 e. The molecule has 0 aliphatic heterocycles. The lowest BCUT2D eigenvalue weighted by Gasteiger charge is -2.16. The lowest BCUT2D eigenvalue weighted by Crippen LogP contribution is -2.10. The lowest BCUT2D eigenvalue weighted by molar-refractivity contribution is -0.114. The molecular weight excluding hydrogens is 270 g/mol. The highest BCUT2D eigenvalue weighted by atomic mass is 32.1. The Labute approximate surface area is 123 Å². The molecule has 1 heterocycles. The van der Waals surface area contributed by atoms with Crippen LogP contribution in [0.3, 0.4) is 0 Å². The maximum Gasteiger partial charge on any atom is 0.221 e. The van der Waals surface area contributed by atoms with E-state index in [1.54, 1.807) is 11.3 Å². The number of amides is 1. The van der Waals surface area contributed by atoms with Crippen LogP contribution >= 0.6 is 11.3 Å². The van der Waals surface area contributed by atoms with Gasteiger partial charge in [-0.1, -0.05) is 6.07 Å². The summed E-state index contributed by atoms with van der Waals surface area (Å²) in [6, 6.07) is 5.98. The van der Waals surface area contributed by atoms with E-state index in [2.05, 4.69) is 27.9 Å². The monoisotopic (exact) mass is 289 g/mol. The summed E-state index contributed by atoms with van der Waals surface area (Å²) in [7, 11) is 0. The van der Waals surface area contributed by atoms with Crippen molar-refractivity contribution in [2.45, 2.75) is 33.7 Å². The third-order valence-electron chi connectivity index (χ3n) is 3.01. The van der Waals surface area contributed by atoms with Gasteiger partial charge in [-0.15, -0.1) is 11.3 Å². The molecule has 5 heteroatoms. The van der Waals surface area contributed by atoms with Gasteiger partial charge >= 0.3 is 0 Å². The molecule has 2 rings (SSSR count). The largest absolute Gasteiger partial charge is 0.377 e. The van der Waals surface area contributed by atoms with Crippen LogP contribution in [0, 0.1) is 13.8 Å². The molecule has 4 nitrogen and oxygen atoms in total. The van der Waals surface area contributed by atoms with Crippen molar-refractivity contribution in [3.8, 4) is 0 Å². The lowest BCUT2D eigenvalue weighted by atomic mass is 10.1. The molecule has 1 atom stereocenters.